The van der Waals surface area contributed by atoms with Gasteiger partial charge in [-0.1, -0.05) is 24.8 Å². The molecule has 1 rings (SSSR count). The molecule has 1 aromatic carbocycles. The van der Waals surface area contributed by atoms with E-state index in [1.54, 1.807) is 24.3 Å². The molecule has 0 radical (unpaired) electrons. The zero-order chi connectivity index (χ0) is 15.7. The number of anilines is 1. The van der Waals surface area contributed by atoms with Gasteiger partial charge in [-0.25, -0.2) is 4.79 Å². The van der Waals surface area contributed by atoms with Crippen LogP contribution in [0.5, 0.6) is 5.75 Å². The maximum atomic E-state index is 11.5. The minimum atomic E-state index is -1.18. The fraction of sp³-hybridized carbons (Fsp3) is 0.125. The smallest absolute Gasteiger partial charge is 0.328 e. The molecule has 0 aliphatic rings. The average molecular weight is 287 g/mol. The van der Waals surface area contributed by atoms with Gasteiger partial charge in [0.15, 0.2) is 0 Å². The lowest BCUT2D eigenvalue weighted by atomic mass is 10.1. The molecule has 0 aromatic heterocycles. The molecule has 0 heterocycles. The minimum absolute atomic E-state index is 0.348. The largest absolute Gasteiger partial charge is 0.489 e. The zero-order valence-electron chi connectivity index (χ0n) is 11.5. The molecule has 2 N–H and O–H groups in total. The number of ether oxygens (including phenoxy) is 1. The van der Waals surface area contributed by atoms with Gasteiger partial charge in [-0.05, 0) is 18.1 Å². The maximum absolute atomic E-state index is 11.5. The molecule has 110 valence electrons. The van der Waals surface area contributed by atoms with E-state index < -0.39 is 11.9 Å². The van der Waals surface area contributed by atoms with Crippen LogP contribution in [0.25, 0.3) is 0 Å². The average Bonchev–Trinajstić information content (AvgIpc) is 2.45. The van der Waals surface area contributed by atoms with Gasteiger partial charge in [0.25, 0.3) is 0 Å². The Morgan fingerprint density at radius 3 is 2.62 bits per heavy atom. The van der Waals surface area contributed by atoms with Crippen LogP contribution in [0.3, 0.4) is 0 Å². The number of hydrogen-bond acceptors (Lipinski definition) is 3. The van der Waals surface area contributed by atoms with Gasteiger partial charge in [-0.15, -0.1) is 6.58 Å². The summed E-state index contributed by atoms with van der Waals surface area (Å²) in [6, 6.07) is 5.21. The highest BCUT2D eigenvalue weighted by Gasteiger charge is 2.06. The van der Waals surface area contributed by atoms with Crippen LogP contribution >= 0.6 is 0 Å². The van der Waals surface area contributed by atoms with Crippen LogP contribution < -0.4 is 10.1 Å². The van der Waals surface area contributed by atoms with Crippen molar-refractivity contribution in [1.82, 2.24) is 0 Å². The highest BCUT2D eigenvalue weighted by atomic mass is 16.5. The van der Waals surface area contributed by atoms with Gasteiger partial charge in [0.1, 0.15) is 12.4 Å². The fourth-order valence-electron chi connectivity index (χ4n) is 1.57. The molecule has 5 heteroatoms. The minimum Gasteiger partial charge on any atom is -0.489 e. The number of rotatable bonds is 8. The molecular weight excluding hydrogens is 270 g/mol. The van der Waals surface area contributed by atoms with Gasteiger partial charge < -0.3 is 15.2 Å². The summed E-state index contributed by atoms with van der Waals surface area (Å²) in [6.07, 6.45) is 5.74. The van der Waals surface area contributed by atoms with Crippen LogP contribution in [0.15, 0.2) is 55.7 Å². The van der Waals surface area contributed by atoms with Gasteiger partial charge in [-0.2, -0.15) is 0 Å². The fourth-order valence-corrected chi connectivity index (χ4v) is 1.57. The molecule has 0 spiro atoms. The number of benzene rings is 1. The lowest BCUT2D eigenvalue weighted by Crippen LogP contribution is -2.09. The van der Waals surface area contributed by atoms with E-state index in [0.717, 1.165) is 17.7 Å². The molecule has 0 unspecified atom stereocenters. The van der Waals surface area contributed by atoms with E-state index in [1.807, 2.05) is 6.07 Å². The molecule has 0 atom stereocenters. The Labute approximate surface area is 123 Å². The molecule has 0 bridgehead atoms. The number of carboxylic acid groups (broad SMARTS) is 1. The Morgan fingerprint density at radius 2 is 2.00 bits per heavy atom. The highest BCUT2D eigenvalue weighted by Crippen LogP contribution is 2.24. The van der Waals surface area contributed by atoms with Gasteiger partial charge in [0.05, 0.1) is 0 Å². The van der Waals surface area contributed by atoms with E-state index in [0.29, 0.717) is 24.5 Å². The van der Waals surface area contributed by atoms with Crippen molar-refractivity contribution in [3.05, 3.63) is 61.2 Å². The number of carbonyl (C=O) groups is 2. The molecular formula is C16H17NO4. The van der Waals surface area contributed by atoms with E-state index >= 15 is 0 Å². The Bertz CT molecular complexity index is 576. The Kier molecular flexibility index (Phi) is 6.47. The van der Waals surface area contributed by atoms with Crippen LogP contribution in [0.2, 0.25) is 0 Å². The van der Waals surface area contributed by atoms with Crippen molar-refractivity contribution in [2.45, 2.75) is 6.42 Å². The monoisotopic (exact) mass is 287 g/mol. The first-order chi connectivity index (χ1) is 10.1. The Hall–Kier alpha value is -2.82. The van der Waals surface area contributed by atoms with Crippen LogP contribution in [0.1, 0.15) is 5.56 Å². The first-order valence-corrected chi connectivity index (χ1v) is 6.26. The van der Waals surface area contributed by atoms with Crippen molar-refractivity contribution in [2.75, 3.05) is 11.9 Å². The Balaban J connectivity index is 2.88. The highest BCUT2D eigenvalue weighted by molar-refractivity contribution is 6.02. The van der Waals surface area contributed by atoms with Crippen molar-refractivity contribution in [3.63, 3.8) is 0 Å². The third kappa shape index (κ3) is 5.78. The summed E-state index contributed by atoms with van der Waals surface area (Å²) in [5.74, 6) is -1.08. The molecule has 0 saturated carbocycles. The summed E-state index contributed by atoms with van der Waals surface area (Å²) in [6.45, 7) is 7.61. The number of amides is 1. The summed E-state index contributed by atoms with van der Waals surface area (Å²) in [4.78, 5) is 21.9. The van der Waals surface area contributed by atoms with E-state index in [9.17, 15) is 9.59 Å². The van der Waals surface area contributed by atoms with Gasteiger partial charge >= 0.3 is 5.97 Å². The van der Waals surface area contributed by atoms with Gasteiger partial charge in [0, 0.05) is 23.9 Å². The zero-order valence-corrected chi connectivity index (χ0v) is 11.5. The lowest BCUT2D eigenvalue weighted by molar-refractivity contribution is -0.131. The topological polar surface area (TPSA) is 75.6 Å². The molecule has 1 aromatic rings. The predicted molar refractivity (Wildman–Crippen MR) is 81.4 cm³/mol. The Morgan fingerprint density at radius 1 is 1.24 bits per heavy atom. The SMILES string of the molecule is C=CCOc1cc(NC(=O)/C=C\C(=O)O)ccc1CC=C. The van der Waals surface area contributed by atoms with E-state index in [2.05, 4.69) is 18.5 Å². The second-order valence-electron chi connectivity index (χ2n) is 4.08. The standard InChI is InChI=1S/C16H17NO4/c1-3-5-12-6-7-13(11-14(12)21-10-4-2)17-15(18)8-9-16(19)20/h3-4,6-9,11H,1-2,5,10H2,(H,17,18)(H,19,20)/b9-8-. The van der Waals surface area contributed by atoms with Crippen molar-refractivity contribution in [2.24, 2.45) is 0 Å². The van der Waals surface area contributed by atoms with Crippen LogP contribution in [-0.2, 0) is 16.0 Å². The number of carboxylic acids is 1. The van der Waals surface area contributed by atoms with E-state index in [4.69, 9.17) is 9.84 Å². The second kappa shape index (κ2) is 8.37. The molecule has 0 aliphatic heterocycles. The maximum Gasteiger partial charge on any atom is 0.328 e. The lowest BCUT2D eigenvalue weighted by Gasteiger charge is -2.11. The summed E-state index contributed by atoms with van der Waals surface area (Å²) in [5, 5.41) is 11.0. The number of nitrogens with one attached hydrogen (secondary N) is 1. The molecule has 1 amide bonds. The first-order valence-electron chi connectivity index (χ1n) is 6.26. The number of allylic oxidation sites excluding steroid dienone is 1. The summed E-state index contributed by atoms with van der Waals surface area (Å²) in [7, 11) is 0. The van der Waals surface area contributed by atoms with Crippen LogP contribution in [-0.4, -0.2) is 23.6 Å². The van der Waals surface area contributed by atoms with E-state index in [-0.39, 0.29) is 0 Å². The number of aliphatic carboxylic acids is 1. The number of hydrogen-bond donors (Lipinski definition) is 2. The summed E-state index contributed by atoms with van der Waals surface area (Å²) in [5.41, 5.74) is 1.45. The molecule has 0 fully saturated rings. The molecule has 5 nitrogen and oxygen atoms in total. The van der Waals surface area contributed by atoms with Crippen LogP contribution in [0, 0.1) is 0 Å². The van der Waals surface area contributed by atoms with E-state index in [1.165, 1.54) is 0 Å². The van der Waals surface area contributed by atoms with Gasteiger partial charge in [-0.3, -0.25) is 4.79 Å². The van der Waals surface area contributed by atoms with Crippen molar-refractivity contribution in [1.29, 1.82) is 0 Å². The van der Waals surface area contributed by atoms with Gasteiger partial charge in [0.2, 0.25) is 5.91 Å². The quantitative estimate of drug-likeness (QED) is 0.569. The molecule has 0 saturated heterocycles. The van der Waals surface area contributed by atoms with Crippen LogP contribution in [0.4, 0.5) is 5.69 Å². The first kappa shape index (κ1) is 16.2. The molecule has 0 aliphatic carbocycles. The predicted octanol–water partition coefficient (Wildman–Crippen LogP) is 2.56. The van der Waals surface area contributed by atoms with Crippen molar-refractivity contribution < 1.29 is 19.4 Å². The third-order valence-electron chi connectivity index (χ3n) is 2.43. The number of carbonyl (C=O) groups excluding carboxylic acids is 1. The molecule has 21 heavy (non-hydrogen) atoms. The van der Waals surface area contributed by atoms with Crippen molar-refractivity contribution >= 4 is 17.6 Å². The third-order valence-corrected chi connectivity index (χ3v) is 2.43. The normalized spacial score (nSPS) is 10.1. The van der Waals surface area contributed by atoms with Crippen molar-refractivity contribution in [3.8, 4) is 5.75 Å². The summed E-state index contributed by atoms with van der Waals surface area (Å²) >= 11 is 0. The summed E-state index contributed by atoms with van der Waals surface area (Å²) < 4.78 is 5.53. The second-order valence-corrected chi connectivity index (χ2v) is 4.08.